The van der Waals surface area contributed by atoms with E-state index in [4.69, 9.17) is 0 Å². The predicted molar refractivity (Wildman–Crippen MR) is 67.6 cm³/mol. The highest BCUT2D eigenvalue weighted by atomic mass is 14.8. The highest BCUT2D eigenvalue weighted by molar-refractivity contribution is 5.84. The van der Waals surface area contributed by atoms with E-state index < -0.39 is 0 Å². The first-order valence-corrected chi connectivity index (χ1v) is 5.54. The van der Waals surface area contributed by atoms with Crippen LogP contribution in [0.1, 0.15) is 22.6 Å². The Balaban J connectivity index is 2.05. The van der Waals surface area contributed by atoms with E-state index in [2.05, 4.69) is 54.4 Å². The van der Waals surface area contributed by atoms with Gasteiger partial charge in [-0.15, -0.1) is 0 Å². The summed E-state index contributed by atoms with van der Waals surface area (Å²) in [5.74, 6) is 0.330. The number of hydrogen-bond donors (Lipinski definition) is 0. The van der Waals surface area contributed by atoms with Crippen molar-refractivity contribution in [1.29, 1.82) is 0 Å². The van der Waals surface area contributed by atoms with E-state index in [1.807, 2.05) is 12.3 Å². The quantitative estimate of drug-likeness (QED) is 0.673. The lowest BCUT2D eigenvalue weighted by molar-refractivity contribution is 1.13. The summed E-state index contributed by atoms with van der Waals surface area (Å²) in [4.78, 5) is 4.45. The van der Waals surface area contributed by atoms with E-state index in [0.717, 1.165) is 5.69 Å². The van der Waals surface area contributed by atoms with Crippen LogP contribution in [-0.4, -0.2) is 6.21 Å². The second-order valence-electron chi connectivity index (χ2n) is 4.23. The van der Waals surface area contributed by atoms with Gasteiger partial charge in [-0.05, 0) is 24.1 Å². The number of para-hydroxylation sites is 1. The Hall–Kier alpha value is -1.89. The molecule has 3 rings (SSSR count). The van der Waals surface area contributed by atoms with Crippen molar-refractivity contribution in [2.75, 3.05) is 0 Å². The molecule has 0 spiro atoms. The summed E-state index contributed by atoms with van der Waals surface area (Å²) in [6.07, 6.45) is 2.04. The van der Waals surface area contributed by atoms with Crippen LogP contribution in [0, 0.1) is 6.92 Å². The minimum Gasteiger partial charge on any atom is -0.260 e. The molecular weight excluding hydrogens is 194 g/mol. The van der Waals surface area contributed by atoms with Crippen LogP contribution in [-0.2, 0) is 0 Å². The molecule has 0 saturated heterocycles. The third kappa shape index (κ3) is 1.45. The minimum atomic E-state index is 0.330. The van der Waals surface area contributed by atoms with E-state index in [1.165, 1.54) is 16.7 Å². The smallest absolute Gasteiger partial charge is 0.0668 e. The number of fused-ring (bicyclic) bond motifs is 1. The van der Waals surface area contributed by atoms with Gasteiger partial charge in [0, 0.05) is 12.1 Å². The Kier molecular flexibility index (Phi) is 2.10. The van der Waals surface area contributed by atoms with Crippen LogP contribution in [0.5, 0.6) is 0 Å². The van der Waals surface area contributed by atoms with E-state index in [1.54, 1.807) is 0 Å². The molecule has 2 aromatic rings. The molecule has 0 amide bonds. The predicted octanol–water partition coefficient (Wildman–Crippen LogP) is 3.84. The fraction of sp³-hybridized carbons (Fsp3) is 0.133. The zero-order chi connectivity index (χ0) is 11.0. The molecule has 0 saturated carbocycles. The molecule has 0 N–H and O–H groups in total. The number of nitrogens with zero attached hydrogens (tertiary/aromatic N) is 1. The Morgan fingerprint density at radius 3 is 2.50 bits per heavy atom. The van der Waals surface area contributed by atoms with Crippen molar-refractivity contribution in [3.63, 3.8) is 0 Å². The summed E-state index contributed by atoms with van der Waals surface area (Å²) in [6, 6.07) is 17.0. The largest absolute Gasteiger partial charge is 0.260 e. The number of benzene rings is 2. The van der Waals surface area contributed by atoms with Gasteiger partial charge >= 0.3 is 0 Å². The first-order chi connectivity index (χ1) is 7.84. The molecule has 0 bridgehead atoms. The van der Waals surface area contributed by atoms with Gasteiger partial charge in [0.25, 0.3) is 0 Å². The van der Waals surface area contributed by atoms with Crippen molar-refractivity contribution < 1.29 is 0 Å². The summed E-state index contributed by atoms with van der Waals surface area (Å²) < 4.78 is 0. The summed E-state index contributed by atoms with van der Waals surface area (Å²) in [6.45, 7) is 2.11. The third-order valence-corrected chi connectivity index (χ3v) is 3.07. The maximum absolute atomic E-state index is 4.45. The van der Waals surface area contributed by atoms with Crippen molar-refractivity contribution in [1.82, 2.24) is 0 Å². The fourth-order valence-electron chi connectivity index (χ4n) is 2.14. The molecule has 1 unspecified atom stereocenters. The maximum atomic E-state index is 4.45. The first-order valence-electron chi connectivity index (χ1n) is 5.54. The van der Waals surface area contributed by atoms with Gasteiger partial charge in [0.2, 0.25) is 0 Å². The van der Waals surface area contributed by atoms with Gasteiger partial charge in [0.1, 0.15) is 0 Å². The summed E-state index contributed by atoms with van der Waals surface area (Å²) in [5.41, 5.74) is 5.03. The van der Waals surface area contributed by atoms with Gasteiger partial charge in [-0.25, -0.2) is 0 Å². The third-order valence-electron chi connectivity index (χ3n) is 3.07. The Labute approximate surface area is 95.5 Å². The fourth-order valence-corrected chi connectivity index (χ4v) is 2.14. The van der Waals surface area contributed by atoms with Gasteiger partial charge in [-0.3, -0.25) is 4.99 Å². The Morgan fingerprint density at radius 1 is 0.938 bits per heavy atom. The minimum absolute atomic E-state index is 0.330. The van der Waals surface area contributed by atoms with Crippen molar-refractivity contribution in [2.45, 2.75) is 12.8 Å². The van der Waals surface area contributed by atoms with Crippen LogP contribution in [0.15, 0.2) is 53.5 Å². The SMILES string of the molecule is Cc1ccc(C2C=Nc3ccccc32)cc1. The van der Waals surface area contributed by atoms with Crippen LogP contribution in [0.2, 0.25) is 0 Å². The molecule has 0 radical (unpaired) electrons. The second-order valence-corrected chi connectivity index (χ2v) is 4.23. The monoisotopic (exact) mass is 207 g/mol. The van der Waals surface area contributed by atoms with Crippen molar-refractivity contribution in [3.05, 3.63) is 65.2 Å². The number of aliphatic imine (C=N–C) groups is 1. The van der Waals surface area contributed by atoms with Gasteiger partial charge in [-0.1, -0.05) is 48.0 Å². The highest BCUT2D eigenvalue weighted by Gasteiger charge is 2.19. The molecule has 0 aromatic heterocycles. The van der Waals surface area contributed by atoms with Crippen LogP contribution in [0.3, 0.4) is 0 Å². The molecule has 1 heteroatoms. The first kappa shape index (κ1) is 9.34. The molecular formula is C15H13N. The summed E-state index contributed by atoms with van der Waals surface area (Å²) in [5, 5.41) is 0. The van der Waals surface area contributed by atoms with Crippen LogP contribution in [0.4, 0.5) is 5.69 Å². The normalized spacial score (nSPS) is 17.4. The van der Waals surface area contributed by atoms with E-state index >= 15 is 0 Å². The highest BCUT2D eigenvalue weighted by Crippen LogP contribution is 2.35. The average Bonchev–Trinajstić information content (AvgIpc) is 2.74. The van der Waals surface area contributed by atoms with Gasteiger partial charge in [0.05, 0.1) is 5.69 Å². The topological polar surface area (TPSA) is 12.4 Å². The van der Waals surface area contributed by atoms with E-state index in [0.29, 0.717) is 5.92 Å². The Morgan fingerprint density at radius 2 is 1.69 bits per heavy atom. The molecule has 78 valence electrons. The van der Waals surface area contributed by atoms with Gasteiger partial charge in [-0.2, -0.15) is 0 Å². The number of hydrogen-bond acceptors (Lipinski definition) is 1. The van der Waals surface area contributed by atoms with Crippen molar-refractivity contribution in [3.8, 4) is 0 Å². The lowest BCUT2D eigenvalue weighted by Gasteiger charge is -2.09. The lowest BCUT2D eigenvalue weighted by Crippen LogP contribution is -1.98. The number of aryl methyl sites for hydroxylation is 1. The molecule has 1 aliphatic rings. The molecule has 1 heterocycles. The van der Waals surface area contributed by atoms with Crippen LogP contribution < -0.4 is 0 Å². The molecule has 1 aliphatic heterocycles. The number of rotatable bonds is 1. The maximum Gasteiger partial charge on any atom is 0.0668 e. The Bertz CT molecular complexity index is 538. The van der Waals surface area contributed by atoms with E-state index in [9.17, 15) is 0 Å². The standard InChI is InChI=1S/C15H13N/c1-11-6-8-12(9-7-11)14-10-16-15-5-3-2-4-13(14)15/h2-10,14H,1H3. The van der Waals surface area contributed by atoms with Crippen molar-refractivity contribution >= 4 is 11.9 Å². The van der Waals surface area contributed by atoms with Crippen LogP contribution in [0.25, 0.3) is 0 Å². The lowest BCUT2D eigenvalue weighted by atomic mass is 9.93. The zero-order valence-corrected chi connectivity index (χ0v) is 9.22. The molecule has 1 nitrogen and oxygen atoms in total. The molecule has 2 aromatic carbocycles. The van der Waals surface area contributed by atoms with Gasteiger partial charge in [0.15, 0.2) is 0 Å². The van der Waals surface area contributed by atoms with Crippen molar-refractivity contribution in [2.24, 2.45) is 4.99 Å². The molecule has 1 atom stereocenters. The summed E-state index contributed by atoms with van der Waals surface area (Å²) in [7, 11) is 0. The average molecular weight is 207 g/mol. The zero-order valence-electron chi connectivity index (χ0n) is 9.22. The molecule has 16 heavy (non-hydrogen) atoms. The van der Waals surface area contributed by atoms with Gasteiger partial charge < -0.3 is 0 Å². The second kappa shape index (κ2) is 3.60. The summed E-state index contributed by atoms with van der Waals surface area (Å²) >= 11 is 0. The molecule has 0 fully saturated rings. The molecule has 0 aliphatic carbocycles. The van der Waals surface area contributed by atoms with Crippen LogP contribution >= 0.6 is 0 Å². The van der Waals surface area contributed by atoms with E-state index in [-0.39, 0.29) is 0 Å².